The maximum Gasteiger partial charge on any atom is 0.345 e. The van der Waals surface area contributed by atoms with E-state index in [-0.39, 0.29) is 17.3 Å². The number of anilines is 1. The van der Waals surface area contributed by atoms with E-state index >= 15 is 0 Å². The summed E-state index contributed by atoms with van der Waals surface area (Å²) in [6.45, 7) is 4.73. The van der Waals surface area contributed by atoms with E-state index in [4.69, 9.17) is 4.74 Å². The number of amides is 1. The molecule has 7 nitrogen and oxygen atoms in total. The first kappa shape index (κ1) is 19.1. The molecule has 26 heavy (non-hydrogen) atoms. The van der Waals surface area contributed by atoms with Gasteiger partial charge in [-0.2, -0.15) is 0 Å². The van der Waals surface area contributed by atoms with E-state index in [1.165, 1.54) is 30.0 Å². The molecule has 2 aromatic rings. The number of ether oxygens (including phenoxy) is 1. The standard InChI is InChI=1S/C19H20N2O5/c1-13(2)20(15-9-5-4-6-10-15)17(22)12-26-19(23)16-11-7-8-14(3)18(16)21(24)25/h4-11,13H,12H2,1-3H3. The van der Waals surface area contributed by atoms with Crippen molar-refractivity contribution in [1.82, 2.24) is 0 Å². The molecule has 0 saturated carbocycles. The largest absolute Gasteiger partial charge is 0.452 e. The lowest BCUT2D eigenvalue weighted by Crippen LogP contribution is -2.39. The van der Waals surface area contributed by atoms with Crippen LogP contribution in [0.3, 0.4) is 0 Å². The van der Waals surface area contributed by atoms with Crippen molar-refractivity contribution in [1.29, 1.82) is 0 Å². The zero-order valence-electron chi connectivity index (χ0n) is 14.8. The Hall–Kier alpha value is -3.22. The van der Waals surface area contributed by atoms with E-state index in [0.717, 1.165) is 0 Å². The molecule has 0 fully saturated rings. The zero-order chi connectivity index (χ0) is 19.3. The summed E-state index contributed by atoms with van der Waals surface area (Å²) in [4.78, 5) is 36.9. The Morgan fingerprint density at radius 3 is 2.35 bits per heavy atom. The van der Waals surface area contributed by atoms with Crippen LogP contribution < -0.4 is 4.90 Å². The van der Waals surface area contributed by atoms with Gasteiger partial charge in [0.2, 0.25) is 0 Å². The molecule has 0 saturated heterocycles. The van der Waals surface area contributed by atoms with Crippen LogP contribution in [-0.2, 0) is 9.53 Å². The molecule has 0 N–H and O–H groups in total. The predicted molar refractivity (Wildman–Crippen MR) is 97.2 cm³/mol. The minimum absolute atomic E-state index is 0.142. The number of esters is 1. The molecular weight excluding hydrogens is 336 g/mol. The molecule has 0 heterocycles. The first-order valence-electron chi connectivity index (χ1n) is 8.11. The van der Waals surface area contributed by atoms with E-state index in [0.29, 0.717) is 11.3 Å². The number of rotatable bonds is 6. The minimum Gasteiger partial charge on any atom is -0.452 e. The molecule has 0 radical (unpaired) electrons. The van der Waals surface area contributed by atoms with Crippen LogP contribution in [0.5, 0.6) is 0 Å². The van der Waals surface area contributed by atoms with Crippen molar-refractivity contribution in [2.24, 2.45) is 0 Å². The average Bonchev–Trinajstić information content (AvgIpc) is 2.59. The van der Waals surface area contributed by atoms with E-state index in [2.05, 4.69) is 0 Å². The van der Waals surface area contributed by atoms with E-state index < -0.39 is 23.4 Å². The minimum atomic E-state index is -0.898. The van der Waals surface area contributed by atoms with Gasteiger partial charge >= 0.3 is 5.97 Å². The zero-order valence-corrected chi connectivity index (χ0v) is 14.8. The number of hydrogen-bond acceptors (Lipinski definition) is 5. The van der Waals surface area contributed by atoms with Gasteiger partial charge in [-0.1, -0.05) is 30.3 Å². The molecule has 0 unspecified atom stereocenters. The second-order valence-electron chi connectivity index (χ2n) is 6.00. The van der Waals surface area contributed by atoms with Gasteiger partial charge in [-0.15, -0.1) is 0 Å². The number of carbonyl (C=O) groups is 2. The van der Waals surface area contributed by atoms with Gasteiger partial charge in [0, 0.05) is 17.3 Å². The van der Waals surface area contributed by atoms with Crippen molar-refractivity contribution >= 4 is 23.3 Å². The predicted octanol–water partition coefficient (Wildman–Crippen LogP) is 3.50. The van der Waals surface area contributed by atoms with E-state index in [9.17, 15) is 19.7 Å². The molecule has 0 atom stereocenters. The third kappa shape index (κ3) is 4.24. The number of hydrogen-bond donors (Lipinski definition) is 0. The normalized spacial score (nSPS) is 10.5. The monoisotopic (exact) mass is 356 g/mol. The molecular formula is C19H20N2O5. The molecule has 2 rings (SSSR count). The maximum absolute atomic E-state index is 12.5. The first-order valence-corrected chi connectivity index (χ1v) is 8.11. The van der Waals surface area contributed by atoms with Crippen molar-refractivity contribution in [3.63, 3.8) is 0 Å². The number of nitro groups is 1. The van der Waals surface area contributed by atoms with E-state index in [1.807, 2.05) is 19.9 Å². The fourth-order valence-corrected chi connectivity index (χ4v) is 2.66. The topological polar surface area (TPSA) is 89.8 Å². The molecule has 0 aliphatic rings. The molecule has 0 bridgehead atoms. The fourth-order valence-electron chi connectivity index (χ4n) is 2.66. The van der Waals surface area contributed by atoms with Gasteiger partial charge < -0.3 is 9.64 Å². The number of nitrogens with zero attached hydrogens (tertiary/aromatic N) is 2. The summed E-state index contributed by atoms with van der Waals surface area (Å²) in [5, 5.41) is 11.2. The Bertz CT molecular complexity index is 818. The van der Waals surface area contributed by atoms with Gasteiger partial charge in [-0.25, -0.2) is 4.79 Å². The van der Waals surface area contributed by atoms with Gasteiger partial charge in [0.25, 0.3) is 11.6 Å². The molecule has 0 aromatic heterocycles. The van der Waals surface area contributed by atoms with Crippen molar-refractivity contribution in [3.05, 3.63) is 69.8 Å². The van der Waals surface area contributed by atoms with Crippen LogP contribution in [0.2, 0.25) is 0 Å². The van der Waals surface area contributed by atoms with Gasteiger partial charge in [0.15, 0.2) is 6.61 Å². The van der Waals surface area contributed by atoms with Gasteiger partial charge in [-0.3, -0.25) is 14.9 Å². The smallest absolute Gasteiger partial charge is 0.345 e. The number of aryl methyl sites for hydroxylation is 1. The Balaban J connectivity index is 2.15. The molecule has 136 valence electrons. The third-order valence-electron chi connectivity index (χ3n) is 3.79. The van der Waals surface area contributed by atoms with Crippen molar-refractivity contribution in [2.75, 3.05) is 11.5 Å². The Morgan fingerprint density at radius 2 is 1.77 bits per heavy atom. The van der Waals surface area contributed by atoms with Gasteiger partial charge in [-0.05, 0) is 39.0 Å². The maximum atomic E-state index is 12.5. The van der Waals surface area contributed by atoms with Crippen molar-refractivity contribution in [3.8, 4) is 0 Å². The highest BCUT2D eigenvalue weighted by Crippen LogP contribution is 2.24. The molecule has 0 spiro atoms. The van der Waals surface area contributed by atoms with Crippen LogP contribution in [0.1, 0.15) is 29.8 Å². The van der Waals surface area contributed by atoms with Crippen LogP contribution in [0.25, 0.3) is 0 Å². The number of para-hydroxylation sites is 2. The van der Waals surface area contributed by atoms with Gasteiger partial charge in [0.05, 0.1) is 4.92 Å². The Labute approximate surface area is 151 Å². The lowest BCUT2D eigenvalue weighted by Gasteiger charge is -2.26. The lowest BCUT2D eigenvalue weighted by molar-refractivity contribution is -0.385. The van der Waals surface area contributed by atoms with E-state index in [1.54, 1.807) is 24.3 Å². The first-order chi connectivity index (χ1) is 12.3. The SMILES string of the molecule is Cc1cccc(C(=O)OCC(=O)N(c2ccccc2)C(C)C)c1[N+](=O)[O-]. The average molecular weight is 356 g/mol. The highest BCUT2D eigenvalue weighted by molar-refractivity contribution is 5.99. The summed E-state index contributed by atoms with van der Waals surface area (Å²) in [6, 6.07) is 13.3. The molecule has 0 aliphatic carbocycles. The summed E-state index contributed by atoms with van der Waals surface area (Å²) in [7, 11) is 0. The van der Waals surface area contributed by atoms with Crippen molar-refractivity contribution < 1.29 is 19.2 Å². The lowest BCUT2D eigenvalue weighted by atomic mass is 10.1. The van der Waals surface area contributed by atoms with Gasteiger partial charge in [0.1, 0.15) is 5.56 Å². The summed E-state index contributed by atoms with van der Waals surface area (Å²) in [5.41, 5.74) is 0.557. The summed E-state index contributed by atoms with van der Waals surface area (Å²) >= 11 is 0. The second kappa shape index (κ2) is 8.24. The Morgan fingerprint density at radius 1 is 1.12 bits per heavy atom. The highest BCUT2D eigenvalue weighted by atomic mass is 16.6. The van der Waals surface area contributed by atoms with Crippen LogP contribution >= 0.6 is 0 Å². The Kier molecular flexibility index (Phi) is 6.06. The second-order valence-corrected chi connectivity index (χ2v) is 6.00. The van der Waals surface area contributed by atoms with Crippen LogP contribution in [0.15, 0.2) is 48.5 Å². The van der Waals surface area contributed by atoms with Crippen LogP contribution in [0, 0.1) is 17.0 Å². The fraction of sp³-hybridized carbons (Fsp3) is 0.263. The summed E-state index contributed by atoms with van der Waals surface area (Å²) in [5.74, 6) is -1.31. The number of benzene rings is 2. The quantitative estimate of drug-likeness (QED) is 0.449. The number of nitro benzene ring substituents is 1. The van der Waals surface area contributed by atoms with Crippen LogP contribution in [0.4, 0.5) is 11.4 Å². The third-order valence-corrected chi connectivity index (χ3v) is 3.79. The number of carbonyl (C=O) groups excluding carboxylic acids is 2. The highest BCUT2D eigenvalue weighted by Gasteiger charge is 2.26. The van der Waals surface area contributed by atoms with Crippen molar-refractivity contribution in [2.45, 2.75) is 26.8 Å². The summed E-state index contributed by atoms with van der Waals surface area (Å²) < 4.78 is 5.05. The molecule has 7 heteroatoms. The summed E-state index contributed by atoms with van der Waals surface area (Å²) in [6.07, 6.45) is 0. The molecule has 0 aliphatic heterocycles. The van der Waals surface area contributed by atoms with Crippen LogP contribution in [-0.4, -0.2) is 29.4 Å². The molecule has 1 amide bonds. The molecule has 2 aromatic carbocycles.